The number of allylic oxidation sites excluding steroid dienone is 1. The van der Waals surface area contributed by atoms with Gasteiger partial charge in [-0.05, 0) is 29.7 Å². The summed E-state index contributed by atoms with van der Waals surface area (Å²) in [6.45, 7) is 0.788. The zero-order valence-corrected chi connectivity index (χ0v) is 16.3. The molecule has 2 aromatic carbocycles. The zero-order valence-electron chi connectivity index (χ0n) is 16.3. The smallest absolute Gasteiger partial charge is 0.336 e. The summed E-state index contributed by atoms with van der Waals surface area (Å²) in [4.78, 5) is 15.0. The van der Waals surface area contributed by atoms with Gasteiger partial charge >= 0.3 is 5.97 Å². The maximum Gasteiger partial charge on any atom is 0.336 e. The van der Waals surface area contributed by atoms with E-state index in [0.717, 1.165) is 35.4 Å². The summed E-state index contributed by atoms with van der Waals surface area (Å²) in [5.41, 5.74) is 4.69. The molecule has 0 unspecified atom stereocenters. The molecule has 5 heteroatoms. The number of hydrogen-bond acceptors (Lipinski definition) is 5. The van der Waals surface area contributed by atoms with Crippen molar-refractivity contribution in [3.8, 4) is 11.5 Å². The van der Waals surface area contributed by atoms with Crippen molar-refractivity contribution in [3.05, 3.63) is 77.0 Å². The molecule has 2 aliphatic rings. The monoisotopic (exact) mass is 377 g/mol. The van der Waals surface area contributed by atoms with Crippen LogP contribution in [0.25, 0.3) is 5.70 Å². The summed E-state index contributed by atoms with van der Waals surface area (Å²) in [6, 6.07) is 14.0. The van der Waals surface area contributed by atoms with Crippen LogP contribution < -0.4 is 9.47 Å². The van der Waals surface area contributed by atoms with Gasteiger partial charge in [0.2, 0.25) is 0 Å². The molecule has 0 N–H and O–H groups in total. The highest BCUT2D eigenvalue weighted by Gasteiger charge is 2.35. The lowest BCUT2D eigenvalue weighted by Gasteiger charge is -2.37. The van der Waals surface area contributed by atoms with Gasteiger partial charge in [-0.1, -0.05) is 36.4 Å². The molecule has 0 bridgehead atoms. The average Bonchev–Trinajstić information content (AvgIpc) is 2.77. The fraction of sp³-hybridized carbons (Fsp3) is 0.261. The summed E-state index contributed by atoms with van der Waals surface area (Å²) in [5, 5.41) is 0. The number of carbonyl (C=O) groups excluding carboxylic acids is 1. The van der Waals surface area contributed by atoms with Crippen LogP contribution in [-0.2, 0) is 16.0 Å². The molecule has 2 heterocycles. The van der Waals surface area contributed by atoms with Crippen LogP contribution in [0.4, 0.5) is 0 Å². The van der Waals surface area contributed by atoms with Crippen LogP contribution in [0.1, 0.15) is 22.6 Å². The van der Waals surface area contributed by atoms with Crippen LogP contribution in [-0.4, -0.2) is 38.7 Å². The number of methoxy groups -OCH3 is 3. The molecule has 0 saturated carbocycles. The SMILES string of the molecule is COC(=O)C1=C2c3cc(OC)c(OC)cc3CCN2C=C[C@H]1c1ccccc1. The van der Waals surface area contributed by atoms with Crippen LogP contribution in [0.3, 0.4) is 0 Å². The van der Waals surface area contributed by atoms with Crippen LogP contribution >= 0.6 is 0 Å². The van der Waals surface area contributed by atoms with E-state index in [9.17, 15) is 4.79 Å². The Morgan fingerprint density at radius 2 is 1.75 bits per heavy atom. The molecule has 0 amide bonds. The molecule has 0 aromatic heterocycles. The van der Waals surface area contributed by atoms with Gasteiger partial charge in [-0.2, -0.15) is 0 Å². The van der Waals surface area contributed by atoms with Crippen LogP contribution in [0.5, 0.6) is 11.5 Å². The minimum atomic E-state index is -0.319. The molecular formula is C23H23NO4. The predicted molar refractivity (Wildman–Crippen MR) is 107 cm³/mol. The molecule has 2 aliphatic heterocycles. The number of ether oxygens (including phenoxy) is 3. The lowest BCUT2D eigenvalue weighted by atomic mass is 9.82. The predicted octanol–water partition coefficient (Wildman–Crippen LogP) is 3.76. The summed E-state index contributed by atoms with van der Waals surface area (Å²) >= 11 is 0. The molecule has 4 rings (SSSR count). The quantitative estimate of drug-likeness (QED) is 0.760. The van der Waals surface area contributed by atoms with E-state index >= 15 is 0 Å². The van der Waals surface area contributed by atoms with Gasteiger partial charge in [0, 0.05) is 24.2 Å². The molecule has 0 aliphatic carbocycles. The minimum Gasteiger partial charge on any atom is -0.493 e. The maximum absolute atomic E-state index is 12.9. The summed E-state index contributed by atoms with van der Waals surface area (Å²) in [7, 11) is 4.68. The van der Waals surface area contributed by atoms with Gasteiger partial charge in [0.15, 0.2) is 11.5 Å². The first-order valence-corrected chi connectivity index (χ1v) is 9.25. The number of fused-ring (bicyclic) bond motifs is 3. The fourth-order valence-electron chi connectivity index (χ4n) is 4.01. The zero-order chi connectivity index (χ0) is 19.7. The Kier molecular flexibility index (Phi) is 4.82. The number of benzene rings is 2. The second-order valence-electron chi connectivity index (χ2n) is 6.79. The van der Waals surface area contributed by atoms with E-state index in [2.05, 4.69) is 17.2 Å². The number of carbonyl (C=O) groups is 1. The molecule has 2 aromatic rings. The lowest BCUT2D eigenvalue weighted by molar-refractivity contribution is -0.136. The number of hydrogen-bond donors (Lipinski definition) is 0. The third-order valence-corrected chi connectivity index (χ3v) is 5.36. The van der Waals surface area contributed by atoms with Gasteiger partial charge in [0.05, 0.1) is 32.6 Å². The average molecular weight is 377 g/mol. The highest BCUT2D eigenvalue weighted by atomic mass is 16.5. The molecule has 0 spiro atoms. The van der Waals surface area contributed by atoms with E-state index in [1.165, 1.54) is 7.11 Å². The Morgan fingerprint density at radius 3 is 2.43 bits per heavy atom. The number of esters is 1. The Morgan fingerprint density at radius 1 is 1.04 bits per heavy atom. The molecule has 5 nitrogen and oxygen atoms in total. The first-order valence-electron chi connectivity index (χ1n) is 9.25. The molecule has 0 fully saturated rings. The van der Waals surface area contributed by atoms with Crippen molar-refractivity contribution in [2.75, 3.05) is 27.9 Å². The van der Waals surface area contributed by atoms with Crippen molar-refractivity contribution < 1.29 is 19.0 Å². The Labute approximate surface area is 164 Å². The third-order valence-electron chi connectivity index (χ3n) is 5.36. The van der Waals surface area contributed by atoms with E-state index < -0.39 is 0 Å². The van der Waals surface area contributed by atoms with E-state index in [4.69, 9.17) is 14.2 Å². The molecule has 144 valence electrons. The maximum atomic E-state index is 12.9. The van der Waals surface area contributed by atoms with Crippen LogP contribution in [0.2, 0.25) is 0 Å². The van der Waals surface area contributed by atoms with Gasteiger partial charge in [0.25, 0.3) is 0 Å². The summed E-state index contributed by atoms with van der Waals surface area (Å²) in [6.07, 6.45) is 4.99. The first kappa shape index (κ1) is 18.2. The van der Waals surface area contributed by atoms with Crippen molar-refractivity contribution in [3.63, 3.8) is 0 Å². The Hall–Kier alpha value is -3.21. The standard InChI is InChI=1S/C23H23NO4/c1-26-19-13-16-9-11-24-12-10-17(15-7-5-4-6-8-15)21(23(25)28-3)22(24)18(16)14-20(19)27-2/h4-8,10,12-14,17H,9,11H2,1-3H3/t17-/m0/s1. The van der Waals surface area contributed by atoms with Crippen molar-refractivity contribution in [1.82, 2.24) is 4.90 Å². The third kappa shape index (κ3) is 2.93. The summed E-state index contributed by atoms with van der Waals surface area (Å²) < 4.78 is 16.2. The van der Waals surface area contributed by atoms with Crippen LogP contribution in [0.15, 0.2) is 60.3 Å². The van der Waals surface area contributed by atoms with E-state index in [0.29, 0.717) is 17.1 Å². The molecule has 1 atom stereocenters. The van der Waals surface area contributed by atoms with Crippen molar-refractivity contribution in [2.45, 2.75) is 12.3 Å². The first-order chi connectivity index (χ1) is 13.7. The molecule has 0 saturated heterocycles. The minimum absolute atomic E-state index is 0.168. The van der Waals surface area contributed by atoms with E-state index in [-0.39, 0.29) is 11.9 Å². The van der Waals surface area contributed by atoms with Crippen molar-refractivity contribution in [2.24, 2.45) is 0 Å². The van der Waals surface area contributed by atoms with E-state index in [1.807, 2.05) is 42.5 Å². The summed E-state index contributed by atoms with van der Waals surface area (Å²) in [5.74, 6) is 0.853. The number of rotatable bonds is 4. The highest BCUT2D eigenvalue weighted by Crippen LogP contribution is 2.44. The van der Waals surface area contributed by atoms with Gasteiger partial charge in [-0.15, -0.1) is 0 Å². The van der Waals surface area contributed by atoms with Crippen molar-refractivity contribution in [1.29, 1.82) is 0 Å². The largest absolute Gasteiger partial charge is 0.493 e. The highest BCUT2D eigenvalue weighted by molar-refractivity contribution is 6.01. The van der Waals surface area contributed by atoms with Gasteiger partial charge in [-0.3, -0.25) is 0 Å². The van der Waals surface area contributed by atoms with Crippen molar-refractivity contribution >= 4 is 11.7 Å². The number of nitrogens with zero attached hydrogens (tertiary/aromatic N) is 1. The van der Waals surface area contributed by atoms with E-state index in [1.54, 1.807) is 14.2 Å². The topological polar surface area (TPSA) is 48.0 Å². The van der Waals surface area contributed by atoms with Crippen LogP contribution in [0, 0.1) is 0 Å². The molecular weight excluding hydrogens is 354 g/mol. The second kappa shape index (κ2) is 7.43. The molecule has 28 heavy (non-hydrogen) atoms. The van der Waals surface area contributed by atoms with Gasteiger partial charge in [0.1, 0.15) is 0 Å². The Bertz CT molecular complexity index is 962. The normalized spacial score (nSPS) is 17.7. The fourth-order valence-corrected chi connectivity index (χ4v) is 4.01. The van der Waals surface area contributed by atoms with Gasteiger partial charge < -0.3 is 19.1 Å². The lowest BCUT2D eigenvalue weighted by Crippen LogP contribution is -2.32. The molecule has 0 radical (unpaired) electrons. The Balaban J connectivity index is 1.95. The second-order valence-corrected chi connectivity index (χ2v) is 6.79. The van der Waals surface area contributed by atoms with Gasteiger partial charge in [-0.25, -0.2) is 4.79 Å².